The Hall–Kier alpha value is -3.98. The average molecular weight is 583 g/mol. The SMILES string of the molecule is CC[n+]1c(/C=C/C(C)=C/C=C2/Oc3c(ccc4ccccc34)N2CCCS(=O)(=O)[O-])sc2ccc3ccccc3c21. The van der Waals surface area contributed by atoms with E-state index in [1.165, 1.54) is 26.0 Å². The molecule has 1 aromatic heterocycles. The number of fused-ring (bicyclic) bond motifs is 6. The number of benzene rings is 4. The largest absolute Gasteiger partial charge is 0.748 e. The molecule has 208 valence electrons. The summed E-state index contributed by atoms with van der Waals surface area (Å²) in [6, 6.07) is 24.9. The highest BCUT2D eigenvalue weighted by molar-refractivity contribution is 7.85. The van der Waals surface area contributed by atoms with E-state index in [9.17, 15) is 13.0 Å². The Labute approximate surface area is 243 Å². The maximum absolute atomic E-state index is 11.2. The molecule has 6 nitrogen and oxygen atoms in total. The van der Waals surface area contributed by atoms with Crippen molar-refractivity contribution in [1.29, 1.82) is 0 Å². The monoisotopic (exact) mass is 582 g/mol. The van der Waals surface area contributed by atoms with Crippen LogP contribution in [0, 0.1) is 0 Å². The Bertz CT molecular complexity index is 1990. The third-order valence-electron chi connectivity index (χ3n) is 7.31. The fourth-order valence-electron chi connectivity index (χ4n) is 5.36. The van der Waals surface area contributed by atoms with Gasteiger partial charge in [-0.3, -0.25) is 0 Å². The van der Waals surface area contributed by atoms with Gasteiger partial charge < -0.3 is 14.2 Å². The lowest BCUT2D eigenvalue weighted by Crippen LogP contribution is -2.33. The van der Waals surface area contributed by atoms with Crippen LogP contribution in [-0.2, 0) is 16.7 Å². The van der Waals surface area contributed by atoms with Crippen molar-refractivity contribution in [3.63, 3.8) is 0 Å². The van der Waals surface area contributed by atoms with Gasteiger partial charge in [0.05, 0.1) is 21.2 Å². The molecule has 1 aliphatic heterocycles. The van der Waals surface area contributed by atoms with Crippen molar-refractivity contribution in [2.24, 2.45) is 0 Å². The standard InChI is InChI=1S/C33H30N2O4S2/c1-3-34-31(40-29-18-16-24-9-4-6-11-26(24)32(29)34)20-14-23(2)13-19-30-35(21-8-22-41(36,37)38)28-17-15-25-10-5-7-12-27(25)33(28)39-30/h4-7,9-20H,3,8,21-22H2,1-2H3. The number of ether oxygens (including phenoxy) is 1. The zero-order valence-corrected chi connectivity index (χ0v) is 24.5. The first-order chi connectivity index (χ1) is 19.8. The predicted octanol–water partition coefficient (Wildman–Crippen LogP) is 7.15. The van der Waals surface area contributed by atoms with Gasteiger partial charge in [0.2, 0.25) is 11.4 Å². The molecule has 0 spiro atoms. The molecule has 6 rings (SSSR count). The van der Waals surface area contributed by atoms with Crippen LogP contribution >= 0.6 is 11.3 Å². The van der Waals surface area contributed by atoms with Gasteiger partial charge in [-0.1, -0.05) is 83.7 Å². The molecule has 1 aliphatic rings. The number of aromatic nitrogens is 1. The number of nitrogens with zero attached hydrogens (tertiary/aromatic N) is 2. The van der Waals surface area contributed by atoms with Crippen LogP contribution in [-0.4, -0.2) is 25.3 Å². The van der Waals surface area contributed by atoms with Crippen molar-refractivity contribution in [2.75, 3.05) is 17.2 Å². The molecule has 2 heterocycles. The Kier molecular flexibility index (Phi) is 7.38. The van der Waals surface area contributed by atoms with E-state index in [0.29, 0.717) is 12.4 Å². The molecule has 4 aromatic carbocycles. The number of thiazole rings is 1. The molecule has 0 aliphatic carbocycles. The summed E-state index contributed by atoms with van der Waals surface area (Å²) in [6.07, 6.45) is 8.37. The lowest BCUT2D eigenvalue weighted by molar-refractivity contribution is -0.664. The fourth-order valence-corrected chi connectivity index (χ4v) is 6.98. The Morgan fingerprint density at radius 2 is 1.71 bits per heavy atom. The van der Waals surface area contributed by atoms with Crippen LogP contribution in [0.5, 0.6) is 5.75 Å². The minimum atomic E-state index is -4.29. The van der Waals surface area contributed by atoms with Crippen molar-refractivity contribution < 1.29 is 22.3 Å². The minimum Gasteiger partial charge on any atom is -0.748 e. The second-order valence-corrected chi connectivity index (χ2v) is 12.7. The number of aryl methyl sites for hydroxylation is 1. The molecule has 8 heteroatoms. The highest BCUT2D eigenvalue weighted by Gasteiger charge is 2.27. The summed E-state index contributed by atoms with van der Waals surface area (Å²) in [5, 5.41) is 5.72. The van der Waals surface area contributed by atoms with Gasteiger partial charge in [0, 0.05) is 23.8 Å². The molecule has 0 radical (unpaired) electrons. The van der Waals surface area contributed by atoms with Crippen molar-refractivity contribution in [3.8, 4) is 5.75 Å². The van der Waals surface area contributed by atoms with Gasteiger partial charge in [0.15, 0.2) is 5.75 Å². The quantitative estimate of drug-likeness (QED) is 0.110. The van der Waals surface area contributed by atoms with Crippen LogP contribution in [0.2, 0.25) is 0 Å². The summed E-state index contributed by atoms with van der Waals surface area (Å²) in [4.78, 5) is 1.95. The molecular weight excluding hydrogens is 553 g/mol. The van der Waals surface area contributed by atoms with Gasteiger partial charge in [-0.05, 0) is 55.3 Å². The molecule has 0 N–H and O–H groups in total. The van der Waals surface area contributed by atoms with Crippen molar-refractivity contribution in [3.05, 3.63) is 107 Å². The summed E-state index contributed by atoms with van der Waals surface area (Å²) in [5.41, 5.74) is 3.16. The van der Waals surface area contributed by atoms with Gasteiger partial charge in [-0.25, -0.2) is 8.42 Å². The summed E-state index contributed by atoms with van der Waals surface area (Å²) in [7, 11) is -4.29. The summed E-state index contributed by atoms with van der Waals surface area (Å²) >= 11 is 1.78. The number of allylic oxidation sites excluding steroid dienone is 4. The zero-order chi connectivity index (χ0) is 28.6. The molecule has 0 amide bonds. The lowest BCUT2D eigenvalue weighted by Gasteiger charge is -2.18. The van der Waals surface area contributed by atoms with E-state index in [-0.39, 0.29) is 6.42 Å². The van der Waals surface area contributed by atoms with Crippen molar-refractivity contribution in [2.45, 2.75) is 26.8 Å². The van der Waals surface area contributed by atoms with Gasteiger partial charge in [0.25, 0.3) is 5.01 Å². The summed E-state index contributed by atoms with van der Waals surface area (Å²) < 4.78 is 43.7. The number of rotatable bonds is 8. The normalized spacial score (nSPS) is 15.0. The van der Waals surface area contributed by atoms with E-state index in [2.05, 4.69) is 60.0 Å². The number of hydrogen-bond donors (Lipinski definition) is 0. The topological polar surface area (TPSA) is 73.5 Å². The maximum atomic E-state index is 11.2. The second kappa shape index (κ2) is 11.1. The number of anilines is 1. The van der Waals surface area contributed by atoms with E-state index in [0.717, 1.165) is 34.3 Å². The van der Waals surface area contributed by atoms with Crippen molar-refractivity contribution in [1.82, 2.24) is 0 Å². The first-order valence-corrected chi connectivity index (χ1v) is 16.0. The molecule has 0 fully saturated rings. The molecule has 5 aromatic rings. The molecular formula is C33H30N2O4S2. The third-order valence-corrected chi connectivity index (χ3v) is 9.21. The van der Waals surface area contributed by atoms with Gasteiger partial charge >= 0.3 is 0 Å². The van der Waals surface area contributed by atoms with Gasteiger partial charge in [0.1, 0.15) is 11.2 Å². The molecule has 0 unspecified atom stereocenters. The van der Waals surface area contributed by atoms with Crippen LogP contribution < -0.4 is 14.2 Å². The number of hydrogen-bond acceptors (Lipinski definition) is 6. The minimum absolute atomic E-state index is 0.207. The fraction of sp³-hybridized carbons (Fsp3) is 0.182. The Morgan fingerprint density at radius 1 is 1.00 bits per heavy atom. The van der Waals surface area contributed by atoms with Crippen LogP contribution in [0.4, 0.5) is 5.69 Å². The predicted molar refractivity (Wildman–Crippen MR) is 167 cm³/mol. The van der Waals surface area contributed by atoms with E-state index >= 15 is 0 Å². The van der Waals surface area contributed by atoms with Crippen LogP contribution in [0.25, 0.3) is 37.8 Å². The van der Waals surface area contributed by atoms with E-state index in [1.807, 2.05) is 60.4 Å². The van der Waals surface area contributed by atoms with E-state index < -0.39 is 15.9 Å². The Morgan fingerprint density at radius 3 is 2.46 bits per heavy atom. The van der Waals surface area contributed by atoms with Crippen molar-refractivity contribution >= 4 is 65.0 Å². The average Bonchev–Trinajstić information content (AvgIpc) is 3.52. The highest BCUT2D eigenvalue weighted by atomic mass is 32.2. The zero-order valence-electron chi connectivity index (χ0n) is 22.9. The Balaban J connectivity index is 1.31. The van der Waals surface area contributed by atoms with Crippen LogP contribution in [0.1, 0.15) is 25.3 Å². The second-order valence-electron chi connectivity index (χ2n) is 10.1. The smallest absolute Gasteiger partial charge is 0.262 e. The molecule has 0 saturated heterocycles. The molecule has 41 heavy (non-hydrogen) atoms. The molecule has 0 atom stereocenters. The van der Waals surface area contributed by atoms with E-state index in [4.69, 9.17) is 4.74 Å². The third kappa shape index (κ3) is 5.51. The van der Waals surface area contributed by atoms with Gasteiger partial charge in [-0.15, -0.1) is 0 Å². The maximum Gasteiger partial charge on any atom is 0.262 e. The van der Waals surface area contributed by atoms with Crippen LogP contribution in [0.3, 0.4) is 0 Å². The summed E-state index contributed by atoms with van der Waals surface area (Å²) in [6.45, 7) is 5.43. The first kappa shape index (κ1) is 27.2. The van der Waals surface area contributed by atoms with E-state index in [1.54, 1.807) is 11.3 Å². The molecule has 0 saturated carbocycles. The van der Waals surface area contributed by atoms with Gasteiger partial charge in [-0.2, -0.15) is 4.57 Å². The molecule has 0 bridgehead atoms. The first-order valence-electron chi connectivity index (χ1n) is 13.6. The van der Waals surface area contributed by atoms with Crippen LogP contribution in [0.15, 0.2) is 102 Å². The highest BCUT2D eigenvalue weighted by Crippen LogP contribution is 2.44. The lowest BCUT2D eigenvalue weighted by atomic mass is 10.1. The summed E-state index contributed by atoms with van der Waals surface area (Å²) in [5.74, 6) is 0.922.